The van der Waals surface area contributed by atoms with E-state index in [0.29, 0.717) is 25.0 Å². The maximum Gasteiger partial charge on any atom is 0.266 e. The molecule has 6 nitrogen and oxygen atoms in total. The Bertz CT molecular complexity index is 758. The third-order valence-corrected chi connectivity index (χ3v) is 5.40. The molecule has 1 amide bonds. The van der Waals surface area contributed by atoms with Gasteiger partial charge in [0.2, 0.25) is 5.91 Å². The Hall–Kier alpha value is -2.13. The first-order valence-electron chi connectivity index (χ1n) is 8.75. The van der Waals surface area contributed by atoms with Gasteiger partial charge in [-0.05, 0) is 44.7 Å². The fourth-order valence-electron chi connectivity index (χ4n) is 3.54. The molecular formula is C19H27N3O3. The molecule has 0 bridgehead atoms. The summed E-state index contributed by atoms with van der Waals surface area (Å²) in [6.45, 7) is 10.4. The second kappa shape index (κ2) is 7.40. The molecule has 1 aliphatic rings. The normalized spacial score (nSPS) is 21.3. The summed E-state index contributed by atoms with van der Waals surface area (Å²) in [5.74, 6) is -0.0171. The van der Waals surface area contributed by atoms with Crippen LogP contribution in [0.15, 0.2) is 4.79 Å². The number of nitriles is 1. The molecule has 0 aromatic carbocycles. The highest BCUT2D eigenvalue weighted by molar-refractivity contribution is 5.77. The summed E-state index contributed by atoms with van der Waals surface area (Å²) in [5, 5.41) is 12.2. The quantitative estimate of drug-likeness (QED) is 0.825. The average Bonchev–Trinajstić information content (AvgIpc) is 2.53. The zero-order valence-electron chi connectivity index (χ0n) is 15.7. The first kappa shape index (κ1) is 19.2. The number of hydrogen-bond acceptors (Lipinski definition) is 4. The molecule has 0 saturated heterocycles. The van der Waals surface area contributed by atoms with Crippen LogP contribution < -0.4 is 10.9 Å². The molecule has 2 N–H and O–H groups in total. The smallest absolute Gasteiger partial charge is 0.266 e. The predicted octanol–water partition coefficient (Wildman–Crippen LogP) is 2.12. The molecule has 1 heterocycles. The summed E-state index contributed by atoms with van der Waals surface area (Å²) in [6.07, 6.45) is 1.84. The van der Waals surface area contributed by atoms with Gasteiger partial charge in [0.1, 0.15) is 11.6 Å². The predicted molar refractivity (Wildman–Crippen MR) is 95.3 cm³/mol. The van der Waals surface area contributed by atoms with Crippen LogP contribution >= 0.6 is 0 Å². The summed E-state index contributed by atoms with van der Waals surface area (Å²) >= 11 is 0. The Kier molecular flexibility index (Phi) is 5.69. The number of hydrogen-bond donors (Lipinski definition) is 2. The van der Waals surface area contributed by atoms with E-state index in [2.05, 4.69) is 24.1 Å². The minimum atomic E-state index is -0.371. The summed E-state index contributed by atoms with van der Waals surface area (Å²) in [4.78, 5) is 26.8. The second-order valence-electron chi connectivity index (χ2n) is 7.29. The van der Waals surface area contributed by atoms with Gasteiger partial charge in [0, 0.05) is 30.2 Å². The van der Waals surface area contributed by atoms with Crippen LogP contribution in [0.4, 0.5) is 0 Å². The molecule has 136 valence electrons. The van der Waals surface area contributed by atoms with E-state index >= 15 is 0 Å². The molecule has 1 aliphatic carbocycles. The maximum atomic E-state index is 12.3. The van der Waals surface area contributed by atoms with E-state index < -0.39 is 0 Å². The van der Waals surface area contributed by atoms with Crippen LogP contribution in [0.1, 0.15) is 56.0 Å². The minimum absolute atomic E-state index is 0.0171. The van der Waals surface area contributed by atoms with E-state index in [1.54, 1.807) is 13.8 Å². The highest BCUT2D eigenvalue weighted by Gasteiger charge is 2.49. The van der Waals surface area contributed by atoms with Gasteiger partial charge in [-0.25, -0.2) is 0 Å². The molecule has 1 saturated carbocycles. The molecule has 1 aromatic heterocycles. The number of carbonyl (C=O) groups excluding carboxylic acids is 1. The van der Waals surface area contributed by atoms with Crippen molar-refractivity contribution in [1.29, 1.82) is 5.26 Å². The van der Waals surface area contributed by atoms with Crippen molar-refractivity contribution in [3.63, 3.8) is 0 Å². The number of amides is 1. The number of aromatic amines is 1. The molecule has 0 aliphatic heterocycles. The van der Waals surface area contributed by atoms with Gasteiger partial charge in [0.15, 0.2) is 0 Å². The summed E-state index contributed by atoms with van der Waals surface area (Å²) in [5.41, 5.74) is 1.94. The van der Waals surface area contributed by atoms with Crippen LogP contribution in [-0.4, -0.2) is 29.6 Å². The van der Waals surface area contributed by atoms with Gasteiger partial charge in [-0.3, -0.25) is 9.59 Å². The van der Waals surface area contributed by atoms with Crippen LogP contribution in [0.5, 0.6) is 0 Å². The van der Waals surface area contributed by atoms with Gasteiger partial charge in [0.25, 0.3) is 5.56 Å². The molecule has 25 heavy (non-hydrogen) atoms. The number of carbonyl (C=O) groups is 1. The van der Waals surface area contributed by atoms with Gasteiger partial charge in [-0.2, -0.15) is 5.26 Å². The lowest BCUT2D eigenvalue weighted by molar-refractivity contribution is -0.136. The maximum absolute atomic E-state index is 12.3. The van der Waals surface area contributed by atoms with E-state index in [4.69, 9.17) is 10.00 Å². The van der Waals surface area contributed by atoms with Crippen LogP contribution in [0.3, 0.4) is 0 Å². The lowest BCUT2D eigenvalue weighted by atomic mass is 9.64. The number of rotatable bonds is 6. The number of aromatic nitrogens is 1. The monoisotopic (exact) mass is 345 g/mol. The van der Waals surface area contributed by atoms with Crippen molar-refractivity contribution in [3.8, 4) is 6.07 Å². The van der Waals surface area contributed by atoms with Crippen molar-refractivity contribution in [2.75, 3.05) is 6.61 Å². The average molecular weight is 345 g/mol. The molecule has 2 atom stereocenters. The topological polar surface area (TPSA) is 95.0 Å². The van der Waals surface area contributed by atoms with Crippen molar-refractivity contribution in [3.05, 3.63) is 32.7 Å². The van der Waals surface area contributed by atoms with E-state index in [0.717, 1.165) is 17.7 Å². The fraction of sp³-hybridized carbons (Fsp3) is 0.632. The molecule has 1 aromatic rings. The molecule has 2 rings (SSSR count). The Labute approximate surface area is 148 Å². The third kappa shape index (κ3) is 3.77. The molecule has 0 spiro atoms. The lowest BCUT2D eigenvalue weighted by Crippen LogP contribution is -2.62. The minimum Gasteiger partial charge on any atom is -0.378 e. The highest BCUT2D eigenvalue weighted by atomic mass is 16.5. The van der Waals surface area contributed by atoms with E-state index in [-0.39, 0.29) is 34.6 Å². The van der Waals surface area contributed by atoms with Crippen LogP contribution in [0.2, 0.25) is 0 Å². The number of pyridine rings is 1. The number of aryl methyl sites for hydroxylation is 1. The number of ether oxygens (including phenoxy) is 1. The Morgan fingerprint density at radius 2 is 2.12 bits per heavy atom. The third-order valence-electron chi connectivity index (χ3n) is 5.40. The molecular weight excluding hydrogens is 318 g/mol. The SMILES string of the molecule is CCO[C@@H]1C[C@@H](NC(=O)CCc2c(C)[nH]c(=O)c(C#N)c2C)C1(C)C. The molecule has 1 fully saturated rings. The van der Waals surface area contributed by atoms with E-state index in [1.165, 1.54) is 0 Å². The Balaban J connectivity index is 1.98. The van der Waals surface area contributed by atoms with Gasteiger partial charge >= 0.3 is 0 Å². The van der Waals surface area contributed by atoms with Crippen LogP contribution in [-0.2, 0) is 16.0 Å². The first-order valence-corrected chi connectivity index (χ1v) is 8.75. The second-order valence-corrected chi connectivity index (χ2v) is 7.29. The van der Waals surface area contributed by atoms with Crippen molar-refractivity contribution >= 4 is 5.91 Å². The number of nitrogens with zero attached hydrogens (tertiary/aromatic N) is 1. The number of H-pyrrole nitrogens is 1. The summed E-state index contributed by atoms with van der Waals surface area (Å²) in [6, 6.07) is 2.05. The summed E-state index contributed by atoms with van der Waals surface area (Å²) < 4.78 is 5.69. The standard InChI is InChI=1S/C19H27N3O3/c1-6-25-16-9-15(19(16,4)5)22-17(23)8-7-13-11(2)14(10-20)18(24)21-12(13)3/h15-16H,6-9H2,1-5H3,(H,21,24)(H,22,23)/t15-,16-/m1/s1. The number of nitrogens with one attached hydrogen (secondary N) is 2. The molecule has 6 heteroatoms. The zero-order chi connectivity index (χ0) is 18.8. The van der Waals surface area contributed by atoms with Crippen LogP contribution in [0.25, 0.3) is 0 Å². The van der Waals surface area contributed by atoms with Gasteiger partial charge < -0.3 is 15.0 Å². The largest absolute Gasteiger partial charge is 0.378 e. The zero-order valence-corrected chi connectivity index (χ0v) is 15.7. The van der Waals surface area contributed by atoms with Crippen molar-refractivity contribution < 1.29 is 9.53 Å². The van der Waals surface area contributed by atoms with Crippen molar-refractivity contribution in [1.82, 2.24) is 10.3 Å². The first-order chi connectivity index (χ1) is 11.7. The van der Waals surface area contributed by atoms with Crippen LogP contribution in [0, 0.1) is 30.6 Å². The van der Waals surface area contributed by atoms with Gasteiger partial charge in [0.05, 0.1) is 6.10 Å². The van der Waals surface area contributed by atoms with Gasteiger partial charge in [-0.1, -0.05) is 13.8 Å². The summed E-state index contributed by atoms with van der Waals surface area (Å²) in [7, 11) is 0. The molecule has 0 unspecified atom stereocenters. The van der Waals surface area contributed by atoms with Gasteiger partial charge in [-0.15, -0.1) is 0 Å². The van der Waals surface area contributed by atoms with E-state index in [9.17, 15) is 9.59 Å². The highest BCUT2D eigenvalue weighted by Crippen LogP contribution is 2.42. The lowest BCUT2D eigenvalue weighted by Gasteiger charge is -2.51. The van der Waals surface area contributed by atoms with E-state index in [1.807, 2.05) is 13.0 Å². The Morgan fingerprint density at radius 1 is 1.44 bits per heavy atom. The van der Waals surface area contributed by atoms with Crippen molar-refractivity contribution in [2.45, 2.75) is 66.0 Å². The fourth-order valence-corrected chi connectivity index (χ4v) is 3.54. The van der Waals surface area contributed by atoms with Crippen molar-refractivity contribution in [2.24, 2.45) is 5.41 Å². The Morgan fingerprint density at radius 3 is 2.68 bits per heavy atom. The molecule has 0 radical (unpaired) electrons.